The quantitative estimate of drug-likeness (QED) is 0.839. The van der Waals surface area contributed by atoms with Crippen LogP contribution in [-0.2, 0) is 0 Å². The van der Waals surface area contributed by atoms with Gasteiger partial charge in [0.2, 0.25) is 0 Å². The van der Waals surface area contributed by atoms with Crippen molar-refractivity contribution in [1.82, 2.24) is 0 Å². The number of hydrogen-bond acceptors (Lipinski definition) is 2. The van der Waals surface area contributed by atoms with E-state index in [1.165, 1.54) is 12.1 Å². The first-order valence-electron chi connectivity index (χ1n) is 4.43. The van der Waals surface area contributed by atoms with Crippen LogP contribution < -0.4 is 5.73 Å². The summed E-state index contributed by atoms with van der Waals surface area (Å²) >= 11 is 1.64. The third-order valence-electron chi connectivity index (χ3n) is 1.86. The Labute approximate surface area is 86.7 Å². The van der Waals surface area contributed by atoms with Crippen molar-refractivity contribution in [3.8, 4) is 0 Å². The summed E-state index contributed by atoms with van der Waals surface area (Å²) in [7, 11) is 0. The SMILES string of the molecule is CCSCC(N)c1ccc(F)cc1F. The molecule has 4 heteroatoms. The summed E-state index contributed by atoms with van der Waals surface area (Å²) in [5.74, 6) is 0.464. The van der Waals surface area contributed by atoms with Gasteiger partial charge in [-0.15, -0.1) is 0 Å². The molecule has 0 radical (unpaired) electrons. The second-order valence-electron chi connectivity index (χ2n) is 2.93. The molecule has 0 bridgehead atoms. The van der Waals surface area contributed by atoms with Crippen molar-refractivity contribution in [2.75, 3.05) is 11.5 Å². The lowest BCUT2D eigenvalue weighted by atomic mass is 10.1. The Morgan fingerprint density at radius 2 is 2.14 bits per heavy atom. The van der Waals surface area contributed by atoms with Gasteiger partial charge in [-0.1, -0.05) is 13.0 Å². The van der Waals surface area contributed by atoms with Crippen LogP contribution in [0.1, 0.15) is 18.5 Å². The van der Waals surface area contributed by atoms with Crippen LogP contribution in [0.3, 0.4) is 0 Å². The Morgan fingerprint density at radius 1 is 1.43 bits per heavy atom. The van der Waals surface area contributed by atoms with E-state index < -0.39 is 11.6 Å². The van der Waals surface area contributed by atoms with E-state index in [1.807, 2.05) is 6.92 Å². The maximum atomic E-state index is 13.2. The van der Waals surface area contributed by atoms with Crippen LogP contribution in [0.2, 0.25) is 0 Å². The molecule has 0 spiro atoms. The Bertz CT molecular complexity index is 304. The topological polar surface area (TPSA) is 26.0 Å². The third-order valence-corrected chi connectivity index (χ3v) is 2.87. The molecular weight excluding hydrogens is 204 g/mol. The van der Waals surface area contributed by atoms with Gasteiger partial charge < -0.3 is 5.73 Å². The third kappa shape index (κ3) is 2.96. The van der Waals surface area contributed by atoms with Crippen LogP contribution in [0, 0.1) is 11.6 Å². The van der Waals surface area contributed by atoms with Crippen molar-refractivity contribution in [2.45, 2.75) is 13.0 Å². The molecule has 78 valence electrons. The molecule has 1 atom stereocenters. The van der Waals surface area contributed by atoms with Crippen molar-refractivity contribution in [1.29, 1.82) is 0 Å². The van der Waals surface area contributed by atoms with Gasteiger partial charge in [-0.25, -0.2) is 8.78 Å². The van der Waals surface area contributed by atoms with Gasteiger partial charge in [-0.3, -0.25) is 0 Å². The lowest BCUT2D eigenvalue weighted by molar-refractivity contribution is 0.563. The predicted molar refractivity (Wildman–Crippen MR) is 56.3 cm³/mol. The second-order valence-corrected chi connectivity index (χ2v) is 4.25. The molecule has 2 N–H and O–H groups in total. The highest BCUT2D eigenvalue weighted by Gasteiger charge is 2.11. The van der Waals surface area contributed by atoms with Crippen molar-refractivity contribution in [3.63, 3.8) is 0 Å². The number of benzene rings is 1. The molecule has 1 aromatic rings. The van der Waals surface area contributed by atoms with E-state index in [4.69, 9.17) is 5.73 Å². The highest BCUT2D eigenvalue weighted by Crippen LogP contribution is 2.19. The van der Waals surface area contributed by atoms with Gasteiger partial charge in [0.25, 0.3) is 0 Å². The van der Waals surface area contributed by atoms with Gasteiger partial charge in [-0.2, -0.15) is 11.8 Å². The van der Waals surface area contributed by atoms with E-state index in [2.05, 4.69) is 0 Å². The Kier molecular flexibility index (Phi) is 4.35. The fourth-order valence-electron chi connectivity index (χ4n) is 1.14. The minimum atomic E-state index is -0.568. The molecule has 0 aliphatic heterocycles. The highest BCUT2D eigenvalue weighted by molar-refractivity contribution is 7.99. The first-order valence-corrected chi connectivity index (χ1v) is 5.59. The van der Waals surface area contributed by atoms with Crippen LogP contribution in [0.5, 0.6) is 0 Å². The average molecular weight is 217 g/mol. The van der Waals surface area contributed by atoms with Gasteiger partial charge in [0.1, 0.15) is 11.6 Å². The highest BCUT2D eigenvalue weighted by atomic mass is 32.2. The number of rotatable bonds is 4. The average Bonchev–Trinajstić information content (AvgIpc) is 2.14. The zero-order valence-corrected chi connectivity index (χ0v) is 8.78. The van der Waals surface area contributed by atoms with Gasteiger partial charge >= 0.3 is 0 Å². The maximum absolute atomic E-state index is 13.2. The first-order chi connectivity index (χ1) is 6.65. The molecule has 0 aliphatic rings. The molecule has 0 aliphatic carbocycles. The minimum absolute atomic E-state index is 0.361. The van der Waals surface area contributed by atoms with Crippen LogP contribution in [-0.4, -0.2) is 11.5 Å². The van der Waals surface area contributed by atoms with E-state index in [0.717, 1.165) is 11.8 Å². The van der Waals surface area contributed by atoms with E-state index >= 15 is 0 Å². The zero-order valence-electron chi connectivity index (χ0n) is 7.97. The Hall–Kier alpha value is -0.610. The normalized spacial score (nSPS) is 12.9. The fourth-order valence-corrected chi connectivity index (χ4v) is 1.81. The standard InChI is InChI=1S/C10H13F2NS/c1-2-14-6-10(13)8-4-3-7(11)5-9(8)12/h3-5,10H,2,6,13H2,1H3. The number of nitrogens with two attached hydrogens (primary N) is 1. The molecule has 0 aromatic heterocycles. The minimum Gasteiger partial charge on any atom is -0.323 e. The molecule has 1 aromatic carbocycles. The molecule has 1 nitrogen and oxygen atoms in total. The van der Waals surface area contributed by atoms with E-state index in [-0.39, 0.29) is 6.04 Å². The molecule has 1 unspecified atom stereocenters. The number of hydrogen-bond donors (Lipinski definition) is 1. The summed E-state index contributed by atoms with van der Waals surface area (Å²) in [5, 5.41) is 0. The van der Waals surface area contributed by atoms with Crippen molar-refractivity contribution in [2.24, 2.45) is 5.73 Å². The molecule has 0 fully saturated rings. The number of thioether (sulfide) groups is 1. The zero-order chi connectivity index (χ0) is 10.6. The lowest BCUT2D eigenvalue weighted by Gasteiger charge is -2.11. The summed E-state index contributed by atoms with van der Waals surface area (Å²) in [6.45, 7) is 2.01. The molecule has 1 rings (SSSR count). The second kappa shape index (κ2) is 5.32. The summed E-state index contributed by atoms with van der Waals surface area (Å²) in [5.41, 5.74) is 6.13. The lowest BCUT2D eigenvalue weighted by Crippen LogP contribution is -2.15. The first kappa shape index (κ1) is 11.5. The molecule has 0 heterocycles. The van der Waals surface area contributed by atoms with Crippen molar-refractivity contribution >= 4 is 11.8 Å². The van der Waals surface area contributed by atoms with Gasteiger partial charge in [0.15, 0.2) is 0 Å². The fraction of sp³-hybridized carbons (Fsp3) is 0.400. The summed E-state index contributed by atoms with van der Waals surface area (Å²) < 4.78 is 25.8. The summed E-state index contributed by atoms with van der Waals surface area (Å²) in [6.07, 6.45) is 0. The Morgan fingerprint density at radius 3 is 2.71 bits per heavy atom. The Balaban J connectivity index is 2.74. The van der Waals surface area contributed by atoms with E-state index in [9.17, 15) is 8.78 Å². The summed E-state index contributed by atoms with van der Waals surface area (Å²) in [6, 6.07) is 3.15. The van der Waals surface area contributed by atoms with Gasteiger partial charge in [-0.05, 0) is 11.8 Å². The van der Waals surface area contributed by atoms with E-state index in [1.54, 1.807) is 11.8 Å². The molecule has 14 heavy (non-hydrogen) atoms. The molecule has 0 amide bonds. The van der Waals surface area contributed by atoms with Crippen LogP contribution in [0.25, 0.3) is 0 Å². The maximum Gasteiger partial charge on any atom is 0.130 e. The molecular formula is C10H13F2NS. The van der Waals surface area contributed by atoms with Gasteiger partial charge in [0, 0.05) is 23.4 Å². The van der Waals surface area contributed by atoms with Crippen LogP contribution >= 0.6 is 11.8 Å². The largest absolute Gasteiger partial charge is 0.323 e. The smallest absolute Gasteiger partial charge is 0.130 e. The van der Waals surface area contributed by atoms with Gasteiger partial charge in [0.05, 0.1) is 0 Å². The molecule has 0 saturated carbocycles. The molecule has 0 saturated heterocycles. The van der Waals surface area contributed by atoms with E-state index in [0.29, 0.717) is 11.3 Å². The van der Waals surface area contributed by atoms with Crippen molar-refractivity contribution < 1.29 is 8.78 Å². The van der Waals surface area contributed by atoms with Crippen LogP contribution in [0.4, 0.5) is 8.78 Å². The summed E-state index contributed by atoms with van der Waals surface area (Å²) in [4.78, 5) is 0. The predicted octanol–water partition coefficient (Wildman–Crippen LogP) is 2.72. The number of halogens is 2. The van der Waals surface area contributed by atoms with Crippen LogP contribution in [0.15, 0.2) is 18.2 Å². The van der Waals surface area contributed by atoms with Crippen molar-refractivity contribution in [3.05, 3.63) is 35.4 Å². The monoisotopic (exact) mass is 217 g/mol.